The van der Waals surface area contributed by atoms with Gasteiger partial charge in [-0.05, 0) is 0 Å². The van der Waals surface area contributed by atoms with Gasteiger partial charge >= 0.3 is 11.9 Å². The summed E-state index contributed by atoms with van der Waals surface area (Å²) in [5.74, 6) is -2.62. The lowest BCUT2D eigenvalue weighted by atomic mass is 10.5. The van der Waals surface area contributed by atoms with Crippen molar-refractivity contribution in [1.29, 1.82) is 0 Å². The first-order valence-electron chi connectivity index (χ1n) is 2.38. The molecule has 0 rings (SSSR count). The van der Waals surface area contributed by atoms with Crippen LogP contribution >= 0.6 is 0 Å². The summed E-state index contributed by atoms with van der Waals surface area (Å²) < 4.78 is 4.53. The van der Waals surface area contributed by atoms with Crippen LogP contribution in [0.3, 0.4) is 0 Å². The summed E-state index contributed by atoms with van der Waals surface area (Å²) in [6.07, 6.45) is -0.806. The van der Waals surface area contributed by atoms with E-state index in [0.29, 0.717) is 0 Å². The Balaban J connectivity index is 0. The maximum Gasteiger partial charge on any atom is 0.314 e. The van der Waals surface area contributed by atoms with Crippen LogP contribution in [0.2, 0.25) is 0 Å². The summed E-state index contributed by atoms with van der Waals surface area (Å²) in [7, 11) is 1.86. The maximum absolute atomic E-state index is 9.43. The van der Waals surface area contributed by atoms with Crippen molar-refractivity contribution in [2.45, 2.75) is 6.42 Å². The number of carboxylic acids is 2. The van der Waals surface area contributed by atoms with E-state index in [4.69, 9.17) is 10.2 Å². The summed E-state index contributed by atoms with van der Waals surface area (Å²) in [6, 6.07) is 0. The fraction of sp³-hybridized carbons (Fsp3) is 0.333. The Morgan fingerprint density at radius 1 is 1.20 bits per heavy atom. The monoisotopic (exact) mass is 182 g/mol. The lowest BCUT2D eigenvalue weighted by Gasteiger charge is -1.80. The summed E-state index contributed by atoms with van der Waals surface area (Å²) in [5.41, 5.74) is 0. The highest BCUT2D eigenvalue weighted by Crippen LogP contribution is 1.74. The quantitative estimate of drug-likeness (QED) is 0.354. The van der Waals surface area contributed by atoms with E-state index < -0.39 is 18.4 Å². The minimum absolute atomic E-state index is 0.806. The molecule has 0 aromatic rings. The van der Waals surface area contributed by atoms with Gasteiger partial charge in [-0.25, -0.2) is 0 Å². The Hall–Kier alpha value is -0.666. The highest BCUT2D eigenvalue weighted by molar-refractivity contribution is 6.15. The molecule has 0 unspecified atom stereocenters. The van der Waals surface area contributed by atoms with Crippen molar-refractivity contribution >= 4 is 32.9 Å². The molecule has 0 heterocycles. The third-order valence-corrected chi connectivity index (χ3v) is 0.302. The van der Waals surface area contributed by atoms with E-state index in [0.717, 1.165) is 21.0 Å². The fourth-order valence-corrected chi connectivity index (χ4v) is 0.129. The molecular weight excluding hydrogens is 172 g/mol. The lowest BCUT2D eigenvalue weighted by molar-refractivity contribution is -0.147. The van der Waals surface area contributed by atoms with Gasteiger partial charge in [0, 0.05) is 0 Å². The third kappa shape index (κ3) is 26.5. The Kier molecular flexibility index (Phi) is 10.0. The van der Waals surface area contributed by atoms with Crippen LogP contribution in [0.1, 0.15) is 6.42 Å². The van der Waals surface area contributed by atoms with E-state index in [1.807, 2.05) is 0 Å². The first-order valence-corrected chi connectivity index (χ1v) is 4.01. The van der Waals surface area contributed by atoms with Crippen LogP contribution in [0.5, 0.6) is 0 Å². The predicted octanol–water partition coefficient (Wildman–Crippen LogP) is -2.89. The van der Waals surface area contributed by atoms with Gasteiger partial charge in [-0.2, -0.15) is 0 Å². The van der Waals surface area contributed by atoms with Crippen molar-refractivity contribution in [2.75, 3.05) is 0 Å². The van der Waals surface area contributed by atoms with E-state index in [1.54, 1.807) is 0 Å². The van der Waals surface area contributed by atoms with E-state index in [1.165, 1.54) is 0 Å². The van der Waals surface area contributed by atoms with Gasteiger partial charge in [0.15, 0.2) is 0 Å². The van der Waals surface area contributed by atoms with Gasteiger partial charge < -0.3 is 14.3 Å². The molecular formula is C3H10O5Si2. The van der Waals surface area contributed by atoms with Crippen LogP contribution in [0, 0.1) is 0 Å². The average Bonchev–Trinajstić information content (AvgIpc) is 1.62. The molecule has 0 radical (unpaired) electrons. The van der Waals surface area contributed by atoms with Gasteiger partial charge in [-0.1, -0.05) is 0 Å². The van der Waals surface area contributed by atoms with Crippen LogP contribution in [0.15, 0.2) is 0 Å². The first-order chi connectivity index (χ1) is 4.54. The van der Waals surface area contributed by atoms with Crippen molar-refractivity contribution in [3.63, 3.8) is 0 Å². The van der Waals surface area contributed by atoms with Gasteiger partial charge in [0.05, 0.1) is 0 Å². The highest BCUT2D eigenvalue weighted by atomic mass is 28.3. The molecule has 7 heteroatoms. The molecule has 0 aliphatic rings. The summed E-state index contributed by atoms with van der Waals surface area (Å²) in [5, 5.41) is 15.4. The molecule has 0 fully saturated rings. The molecule has 0 bridgehead atoms. The molecule has 0 atom stereocenters. The zero-order valence-corrected chi connectivity index (χ0v) is 9.83. The second-order valence-electron chi connectivity index (χ2n) is 1.37. The summed E-state index contributed by atoms with van der Waals surface area (Å²) in [6.45, 7) is 0. The van der Waals surface area contributed by atoms with Crippen molar-refractivity contribution < 1.29 is 23.9 Å². The lowest BCUT2D eigenvalue weighted by Crippen LogP contribution is -2.03. The van der Waals surface area contributed by atoms with Gasteiger partial charge in [0.1, 0.15) is 27.4 Å². The normalized spacial score (nSPS) is 8.00. The molecule has 2 N–H and O–H groups in total. The third-order valence-electron chi connectivity index (χ3n) is 0.302. The Labute approximate surface area is 64.1 Å². The molecule has 0 amide bonds. The average molecular weight is 182 g/mol. The van der Waals surface area contributed by atoms with Crippen LogP contribution in [0.4, 0.5) is 0 Å². The topological polar surface area (TPSA) is 83.8 Å². The van der Waals surface area contributed by atoms with Gasteiger partial charge in [0.25, 0.3) is 0 Å². The molecule has 0 aliphatic heterocycles. The van der Waals surface area contributed by atoms with Crippen molar-refractivity contribution in [2.24, 2.45) is 0 Å². The molecule has 0 aromatic heterocycles. The number of aliphatic carboxylic acids is 2. The fourth-order valence-electron chi connectivity index (χ4n) is 0.129. The number of hydrogen-bond donors (Lipinski definition) is 2. The Morgan fingerprint density at radius 2 is 1.40 bits per heavy atom. The molecule has 5 nitrogen and oxygen atoms in total. The molecule has 0 saturated heterocycles. The number of carbonyl (C=O) groups is 2. The standard InChI is InChI=1S/C3H4O4.H6OSi2/c4-2(5)1-3(6)7;2-1-3/h1H2,(H,4,5)(H,6,7);2-3H3. The molecule has 10 heavy (non-hydrogen) atoms. The van der Waals surface area contributed by atoms with Crippen LogP contribution in [-0.4, -0.2) is 43.1 Å². The molecule has 60 valence electrons. The van der Waals surface area contributed by atoms with Crippen LogP contribution < -0.4 is 0 Å². The van der Waals surface area contributed by atoms with E-state index in [-0.39, 0.29) is 0 Å². The maximum atomic E-state index is 9.43. The minimum Gasteiger partial charge on any atom is -0.481 e. The zero-order chi connectivity index (χ0) is 8.57. The van der Waals surface area contributed by atoms with Gasteiger partial charge in [-0.15, -0.1) is 0 Å². The number of hydrogen-bond acceptors (Lipinski definition) is 3. The van der Waals surface area contributed by atoms with Crippen molar-refractivity contribution in [3.05, 3.63) is 0 Å². The van der Waals surface area contributed by atoms with E-state index in [2.05, 4.69) is 4.12 Å². The molecule has 0 aromatic carbocycles. The minimum atomic E-state index is -1.31. The van der Waals surface area contributed by atoms with Crippen molar-refractivity contribution in [3.8, 4) is 0 Å². The van der Waals surface area contributed by atoms with Gasteiger partial charge in [0.2, 0.25) is 0 Å². The second kappa shape index (κ2) is 8.33. The van der Waals surface area contributed by atoms with E-state index in [9.17, 15) is 9.59 Å². The van der Waals surface area contributed by atoms with E-state index >= 15 is 0 Å². The van der Waals surface area contributed by atoms with Crippen molar-refractivity contribution in [1.82, 2.24) is 0 Å². The highest BCUT2D eigenvalue weighted by Gasteiger charge is 2.01. The SMILES string of the molecule is O=C(O)CC(=O)O.[SiH3]O[SiH3]. The molecule has 0 aliphatic carbocycles. The Morgan fingerprint density at radius 3 is 1.40 bits per heavy atom. The molecule has 0 saturated carbocycles. The summed E-state index contributed by atoms with van der Waals surface area (Å²) in [4.78, 5) is 18.9. The van der Waals surface area contributed by atoms with Gasteiger partial charge in [-0.3, -0.25) is 9.59 Å². The van der Waals surface area contributed by atoms with Crippen LogP contribution in [0.25, 0.3) is 0 Å². The Bertz CT molecular complexity index is 101. The number of rotatable bonds is 2. The zero-order valence-electron chi connectivity index (χ0n) is 5.83. The molecule has 0 spiro atoms. The largest absolute Gasteiger partial charge is 0.481 e. The smallest absolute Gasteiger partial charge is 0.314 e. The first kappa shape index (κ1) is 12.1. The second-order valence-corrected chi connectivity index (χ2v) is 4.64. The van der Waals surface area contributed by atoms with Crippen LogP contribution in [-0.2, 0) is 13.7 Å². The predicted molar refractivity (Wildman–Crippen MR) is 40.9 cm³/mol. The number of carboxylic acid groups (broad SMARTS) is 2. The summed E-state index contributed by atoms with van der Waals surface area (Å²) >= 11 is 0.